The van der Waals surface area contributed by atoms with E-state index in [9.17, 15) is 13.2 Å². The maximum absolute atomic E-state index is 12.4. The van der Waals surface area contributed by atoms with E-state index in [1.165, 1.54) is 11.0 Å². The smallest absolute Gasteiger partial charge is 0.286 e. The van der Waals surface area contributed by atoms with Crippen LogP contribution in [0, 0.1) is 0 Å². The SMILES string of the molecule is O=C(C1=NNc2ccccc2S1(=O)=O)N1CCCC1. The number of anilines is 1. The fourth-order valence-corrected chi connectivity index (χ4v) is 3.68. The van der Waals surface area contributed by atoms with Crippen LogP contribution in [0.4, 0.5) is 5.69 Å². The van der Waals surface area contributed by atoms with Gasteiger partial charge in [-0.15, -0.1) is 0 Å². The third kappa shape index (κ3) is 1.90. The highest BCUT2D eigenvalue weighted by molar-refractivity contribution is 8.08. The largest absolute Gasteiger partial charge is 0.337 e. The van der Waals surface area contributed by atoms with Crippen LogP contribution in [0.3, 0.4) is 0 Å². The second-order valence-electron chi connectivity index (χ2n) is 4.53. The Balaban J connectivity index is 2.01. The summed E-state index contributed by atoms with van der Waals surface area (Å²) in [7, 11) is -3.82. The van der Waals surface area contributed by atoms with Crippen LogP contribution in [-0.4, -0.2) is 37.4 Å². The molecule has 1 saturated heterocycles. The summed E-state index contributed by atoms with van der Waals surface area (Å²) in [5, 5.41) is 3.35. The molecule has 19 heavy (non-hydrogen) atoms. The number of para-hydroxylation sites is 1. The van der Waals surface area contributed by atoms with Crippen molar-refractivity contribution < 1.29 is 13.2 Å². The number of benzene rings is 1. The standard InChI is InChI=1S/C12H13N3O3S/c16-12(15-7-3-4-8-15)11-14-13-9-5-1-2-6-10(9)19(11,17)18/h1-2,5-6,13H,3-4,7-8H2. The summed E-state index contributed by atoms with van der Waals surface area (Å²) in [6, 6.07) is 6.43. The molecule has 1 aromatic rings. The lowest BCUT2D eigenvalue weighted by molar-refractivity contribution is -0.122. The molecular weight excluding hydrogens is 266 g/mol. The first-order valence-corrected chi connectivity index (χ1v) is 7.56. The van der Waals surface area contributed by atoms with Crippen LogP contribution in [0.5, 0.6) is 0 Å². The Morgan fingerprint density at radius 3 is 2.63 bits per heavy atom. The number of hydrogen-bond donors (Lipinski definition) is 1. The van der Waals surface area contributed by atoms with Crippen molar-refractivity contribution in [3.63, 3.8) is 0 Å². The Hall–Kier alpha value is -1.89. The van der Waals surface area contributed by atoms with Gasteiger partial charge in [0.2, 0.25) is 14.9 Å². The van der Waals surface area contributed by atoms with Crippen molar-refractivity contribution >= 4 is 26.5 Å². The average Bonchev–Trinajstić information content (AvgIpc) is 2.92. The molecule has 2 aliphatic heterocycles. The van der Waals surface area contributed by atoms with E-state index in [1.807, 2.05) is 0 Å². The minimum absolute atomic E-state index is 0.104. The van der Waals surface area contributed by atoms with Gasteiger partial charge in [-0.25, -0.2) is 8.42 Å². The van der Waals surface area contributed by atoms with Crippen molar-refractivity contribution in [2.45, 2.75) is 17.7 Å². The van der Waals surface area contributed by atoms with Crippen LogP contribution in [0.1, 0.15) is 12.8 Å². The van der Waals surface area contributed by atoms with Crippen LogP contribution in [-0.2, 0) is 14.6 Å². The number of hydrazone groups is 1. The third-order valence-corrected chi connectivity index (χ3v) is 5.00. The van der Waals surface area contributed by atoms with Gasteiger partial charge in [0.1, 0.15) is 0 Å². The van der Waals surface area contributed by atoms with E-state index in [2.05, 4.69) is 10.5 Å². The molecule has 1 aromatic carbocycles. The Morgan fingerprint density at radius 1 is 1.21 bits per heavy atom. The van der Waals surface area contributed by atoms with Gasteiger partial charge in [0.05, 0.1) is 10.6 Å². The Bertz CT molecular complexity index is 661. The molecule has 0 bridgehead atoms. The van der Waals surface area contributed by atoms with Crippen molar-refractivity contribution in [2.24, 2.45) is 5.10 Å². The topological polar surface area (TPSA) is 78.8 Å². The summed E-state index contributed by atoms with van der Waals surface area (Å²) in [4.78, 5) is 13.8. The van der Waals surface area contributed by atoms with E-state index >= 15 is 0 Å². The zero-order chi connectivity index (χ0) is 13.5. The number of carbonyl (C=O) groups excluding carboxylic acids is 1. The van der Waals surface area contributed by atoms with Crippen LogP contribution >= 0.6 is 0 Å². The van der Waals surface area contributed by atoms with Crippen LogP contribution < -0.4 is 5.43 Å². The number of carbonyl (C=O) groups is 1. The Labute approximate surface area is 111 Å². The van der Waals surface area contributed by atoms with Crippen molar-refractivity contribution in [3.8, 4) is 0 Å². The zero-order valence-corrected chi connectivity index (χ0v) is 11.0. The number of hydrogen-bond acceptors (Lipinski definition) is 5. The van der Waals surface area contributed by atoms with Crippen molar-refractivity contribution in [3.05, 3.63) is 24.3 Å². The molecule has 2 aliphatic rings. The fourth-order valence-electron chi connectivity index (χ4n) is 2.29. The second-order valence-corrected chi connectivity index (χ2v) is 6.36. The first-order valence-electron chi connectivity index (χ1n) is 6.08. The molecular formula is C12H13N3O3S. The molecule has 0 spiro atoms. The number of amides is 1. The number of sulfone groups is 1. The van der Waals surface area contributed by atoms with Gasteiger partial charge in [-0.3, -0.25) is 10.2 Å². The molecule has 7 heteroatoms. The van der Waals surface area contributed by atoms with E-state index in [-0.39, 0.29) is 4.90 Å². The van der Waals surface area contributed by atoms with Crippen molar-refractivity contribution in [1.29, 1.82) is 0 Å². The van der Waals surface area contributed by atoms with E-state index in [4.69, 9.17) is 0 Å². The summed E-state index contributed by atoms with van der Waals surface area (Å²) in [5.74, 6) is -0.514. The number of nitrogens with zero attached hydrogens (tertiary/aromatic N) is 2. The molecule has 3 rings (SSSR count). The molecule has 6 nitrogen and oxygen atoms in total. The third-order valence-electron chi connectivity index (χ3n) is 3.29. The van der Waals surface area contributed by atoms with Gasteiger partial charge in [-0.2, -0.15) is 5.10 Å². The minimum atomic E-state index is -3.82. The Morgan fingerprint density at radius 2 is 1.89 bits per heavy atom. The van der Waals surface area contributed by atoms with Crippen molar-refractivity contribution in [2.75, 3.05) is 18.5 Å². The van der Waals surface area contributed by atoms with Gasteiger partial charge in [0.25, 0.3) is 5.91 Å². The Kier molecular flexibility index (Phi) is 2.78. The molecule has 0 saturated carbocycles. The summed E-state index contributed by atoms with van der Waals surface area (Å²) >= 11 is 0. The molecule has 0 aromatic heterocycles. The average molecular weight is 279 g/mol. The van der Waals surface area contributed by atoms with Crippen LogP contribution in [0.25, 0.3) is 0 Å². The van der Waals surface area contributed by atoms with Crippen LogP contribution in [0.2, 0.25) is 0 Å². The molecule has 0 unspecified atom stereocenters. The lowest BCUT2D eigenvalue weighted by atomic mass is 10.3. The number of rotatable bonds is 1. The molecule has 1 N–H and O–H groups in total. The summed E-state index contributed by atoms with van der Waals surface area (Å²) in [6.45, 7) is 1.18. The molecule has 0 radical (unpaired) electrons. The van der Waals surface area contributed by atoms with Crippen LogP contribution in [0.15, 0.2) is 34.3 Å². The van der Waals surface area contributed by atoms with Crippen molar-refractivity contribution in [1.82, 2.24) is 4.90 Å². The maximum atomic E-state index is 12.4. The predicted octanol–water partition coefficient (Wildman–Crippen LogP) is 0.822. The van der Waals surface area contributed by atoms with Gasteiger partial charge in [-0.05, 0) is 25.0 Å². The summed E-state index contributed by atoms with van der Waals surface area (Å²) in [5.41, 5.74) is 3.04. The fraction of sp³-hybridized carbons (Fsp3) is 0.333. The molecule has 0 atom stereocenters. The monoisotopic (exact) mass is 279 g/mol. The molecule has 1 amide bonds. The molecule has 1 fully saturated rings. The van der Waals surface area contributed by atoms with Gasteiger partial charge in [0.15, 0.2) is 0 Å². The normalized spacial score (nSPS) is 20.4. The quantitative estimate of drug-likeness (QED) is 0.825. The van der Waals surface area contributed by atoms with E-state index in [1.54, 1.807) is 18.2 Å². The highest BCUT2D eigenvalue weighted by Gasteiger charge is 2.37. The van der Waals surface area contributed by atoms with Gasteiger partial charge < -0.3 is 4.90 Å². The molecule has 2 heterocycles. The zero-order valence-electron chi connectivity index (χ0n) is 10.2. The molecule has 0 aliphatic carbocycles. The summed E-state index contributed by atoms with van der Waals surface area (Å²) < 4.78 is 24.8. The lowest BCUT2D eigenvalue weighted by Gasteiger charge is -2.20. The highest BCUT2D eigenvalue weighted by Crippen LogP contribution is 2.27. The number of fused-ring (bicyclic) bond motifs is 1. The van der Waals surface area contributed by atoms with Gasteiger partial charge in [0, 0.05) is 13.1 Å². The first kappa shape index (κ1) is 12.2. The molecule has 100 valence electrons. The summed E-state index contributed by atoms with van der Waals surface area (Å²) in [6.07, 6.45) is 1.81. The number of nitrogens with one attached hydrogen (secondary N) is 1. The van der Waals surface area contributed by atoms with Gasteiger partial charge in [-0.1, -0.05) is 12.1 Å². The van der Waals surface area contributed by atoms with Gasteiger partial charge >= 0.3 is 0 Å². The van der Waals surface area contributed by atoms with E-state index in [0.717, 1.165) is 12.8 Å². The second kappa shape index (κ2) is 4.34. The van der Waals surface area contributed by atoms with E-state index < -0.39 is 20.8 Å². The minimum Gasteiger partial charge on any atom is -0.337 e. The lowest BCUT2D eigenvalue weighted by Crippen LogP contribution is -2.40. The number of likely N-dealkylation sites (tertiary alicyclic amines) is 1. The first-order chi connectivity index (χ1) is 9.10. The maximum Gasteiger partial charge on any atom is 0.286 e. The van der Waals surface area contributed by atoms with E-state index in [0.29, 0.717) is 18.8 Å². The predicted molar refractivity (Wildman–Crippen MR) is 70.5 cm³/mol. The highest BCUT2D eigenvalue weighted by atomic mass is 32.2.